The highest BCUT2D eigenvalue weighted by molar-refractivity contribution is 6.34. The molecule has 0 aliphatic carbocycles. The maximum Gasteiger partial charge on any atom is 0.322 e. The van der Waals surface area contributed by atoms with Crippen LogP contribution >= 0.6 is 11.6 Å². The normalized spacial score (nSPS) is 26.0. The zero-order valence-electron chi connectivity index (χ0n) is 14.9. The molecule has 0 bridgehead atoms. The van der Waals surface area contributed by atoms with E-state index in [1.165, 1.54) is 0 Å². The van der Waals surface area contributed by atoms with Crippen LogP contribution in [0.4, 0.5) is 21.0 Å². The van der Waals surface area contributed by atoms with Gasteiger partial charge in [-0.05, 0) is 44.6 Å². The maximum absolute atomic E-state index is 12.7. The number of rotatable bonds is 2. The summed E-state index contributed by atoms with van der Waals surface area (Å²) in [6.07, 6.45) is 2.22. The number of urea groups is 2. The predicted octanol–water partition coefficient (Wildman–Crippen LogP) is 2.43. The molecule has 2 N–H and O–H groups in total. The summed E-state index contributed by atoms with van der Waals surface area (Å²) in [5, 5.41) is 6.22. The van der Waals surface area contributed by atoms with Crippen molar-refractivity contribution in [3.05, 3.63) is 23.2 Å². The first kappa shape index (κ1) is 17.4. The molecule has 1 spiro atoms. The summed E-state index contributed by atoms with van der Waals surface area (Å²) in [7, 11) is 2.14. The van der Waals surface area contributed by atoms with Gasteiger partial charge in [-0.25, -0.2) is 9.59 Å². The number of amides is 4. The second kappa shape index (κ2) is 6.63. The van der Waals surface area contributed by atoms with E-state index in [9.17, 15) is 9.59 Å². The maximum atomic E-state index is 12.7. The third-order valence-electron chi connectivity index (χ3n) is 5.70. The van der Waals surface area contributed by atoms with E-state index in [1.54, 1.807) is 23.1 Å². The average molecular weight is 378 g/mol. The quantitative estimate of drug-likeness (QED) is 0.831. The largest absolute Gasteiger partial charge is 0.336 e. The molecule has 7 nitrogen and oxygen atoms in total. The number of nitrogens with one attached hydrogen (secondary N) is 2. The molecule has 1 aromatic carbocycles. The number of hydrogen-bond acceptors (Lipinski definition) is 3. The Labute approximate surface area is 158 Å². The number of carbonyl (C=O) groups is 2. The third-order valence-corrected chi connectivity index (χ3v) is 6.02. The lowest BCUT2D eigenvalue weighted by atomic mass is 9.86. The van der Waals surface area contributed by atoms with Crippen molar-refractivity contribution in [3.8, 4) is 0 Å². The van der Waals surface area contributed by atoms with Gasteiger partial charge in [0.05, 0.1) is 10.7 Å². The molecule has 1 aromatic rings. The van der Waals surface area contributed by atoms with Crippen LogP contribution in [0.2, 0.25) is 5.02 Å². The molecule has 1 atom stereocenters. The molecule has 4 amide bonds. The van der Waals surface area contributed by atoms with Gasteiger partial charge in [-0.2, -0.15) is 0 Å². The molecule has 140 valence electrons. The fourth-order valence-electron chi connectivity index (χ4n) is 4.30. The molecular formula is C18H24ClN5O2. The number of hydrogen-bond donors (Lipinski definition) is 2. The minimum atomic E-state index is -0.165. The van der Waals surface area contributed by atoms with Crippen molar-refractivity contribution in [2.24, 2.45) is 5.41 Å². The van der Waals surface area contributed by atoms with E-state index in [1.807, 2.05) is 4.90 Å². The highest BCUT2D eigenvalue weighted by Gasteiger charge is 2.43. The van der Waals surface area contributed by atoms with Crippen LogP contribution < -0.4 is 15.5 Å². The number of benzene rings is 1. The molecule has 3 heterocycles. The van der Waals surface area contributed by atoms with E-state index in [2.05, 4.69) is 22.6 Å². The van der Waals surface area contributed by atoms with Gasteiger partial charge in [0.15, 0.2) is 0 Å². The monoisotopic (exact) mass is 377 g/mol. The molecule has 4 rings (SSSR count). The van der Waals surface area contributed by atoms with Crippen molar-refractivity contribution in [2.75, 3.05) is 56.5 Å². The lowest BCUT2D eigenvalue weighted by Gasteiger charge is -2.24. The van der Waals surface area contributed by atoms with E-state index < -0.39 is 0 Å². The van der Waals surface area contributed by atoms with Crippen molar-refractivity contribution in [1.82, 2.24) is 15.1 Å². The minimum Gasteiger partial charge on any atom is -0.336 e. The second-order valence-electron chi connectivity index (χ2n) is 7.64. The third kappa shape index (κ3) is 3.21. The number of anilines is 2. The zero-order valence-corrected chi connectivity index (χ0v) is 15.7. The van der Waals surface area contributed by atoms with Crippen LogP contribution in [0.5, 0.6) is 0 Å². The topological polar surface area (TPSA) is 67.9 Å². The molecular weight excluding hydrogens is 354 g/mol. The number of carbonyl (C=O) groups excluding carboxylic acids is 2. The van der Waals surface area contributed by atoms with Crippen LogP contribution in [0.3, 0.4) is 0 Å². The molecule has 3 fully saturated rings. The van der Waals surface area contributed by atoms with E-state index in [0.29, 0.717) is 29.5 Å². The van der Waals surface area contributed by atoms with Gasteiger partial charge < -0.3 is 20.4 Å². The van der Waals surface area contributed by atoms with Gasteiger partial charge in [0.1, 0.15) is 0 Å². The first-order valence-electron chi connectivity index (χ1n) is 9.05. The van der Waals surface area contributed by atoms with Gasteiger partial charge in [-0.1, -0.05) is 11.6 Å². The van der Waals surface area contributed by atoms with E-state index in [-0.39, 0.29) is 17.5 Å². The van der Waals surface area contributed by atoms with Crippen molar-refractivity contribution < 1.29 is 9.59 Å². The van der Waals surface area contributed by atoms with Crippen LogP contribution in [0, 0.1) is 5.41 Å². The number of likely N-dealkylation sites (tertiary alicyclic amines) is 2. The van der Waals surface area contributed by atoms with Gasteiger partial charge in [0, 0.05) is 43.8 Å². The summed E-state index contributed by atoms with van der Waals surface area (Å²) in [5.41, 5.74) is 1.53. The number of nitrogens with zero attached hydrogens (tertiary/aromatic N) is 3. The Morgan fingerprint density at radius 1 is 1.23 bits per heavy atom. The summed E-state index contributed by atoms with van der Waals surface area (Å²) in [6, 6.07) is 5.00. The Hall–Kier alpha value is -1.99. The lowest BCUT2D eigenvalue weighted by Crippen LogP contribution is -2.36. The van der Waals surface area contributed by atoms with Crippen molar-refractivity contribution in [3.63, 3.8) is 0 Å². The fourth-order valence-corrected chi connectivity index (χ4v) is 4.52. The molecule has 0 radical (unpaired) electrons. The van der Waals surface area contributed by atoms with Gasteiger partial charge in [0.2, 0.25) is 0 Å². The lowest BCUT2D eigenvalue weighted by molar-refractivity contribution is 0.212. The highest BCUT2D eigenvalue weighted by Crippen LogP contribution is 2.39. The van der Waals surface area contributed by atoms with Crippen LogP contribution in [-0.2, 0) is 0 Å². The smallest absolute Gasteiger partial charge is 0.322 e. The van der Waals surface area contributed by atoms with Gasteiger partial charge in [-0.15, -0.1) is 0 Å². The highest BCUT2D eigenvalue weighted by atomic mass is 35.5. The van der Waals surface area contributed by atoms with Gasteiger partial charge in [0.25, 0.3) is 0 Å². The zero-order chi connectivity index (χ0) is 18.3. The van der Waals surface area contributed by atoms with Crippen LogP contribution in [0.15, 0.2) is 18.2 Å². The molecule has 26 heavy (non-hydrogen) atoms. The fraction of sp³-hybridized carbons (Fsp3) is 0.556. The number of halogens is 1. The SMILES string of the molecule is CN1CCC2(CCN(C(=O)Nc3ccc(Cl)c(N4CCNC4=O)c3)C2)C1. The molecule has 0 saturated carbocycles. The Morgan fingerprint density at radius 2 is 2.04 bits per heavy atom. The second-order valence-corrected chi connectivity index (χ2v) is 8.05. The Bertz CT molecular complexity index is 742. The minimum absolute atomic E-state index is 0.0874. The standard InChI is InChI=1S/C18H24ClN5O2/c1-22-7-4-18(11-22)5-8-23(12-18)17(26)21-13-2-3-14(19)15(10-13)24-9-6-20-16(24)25/h2-3,10H,4-9,11-12H2,1H3,(H,20,25)(H,21,26). The Morgan fingerprint density at radius 3 is 2.73 bits per heavy atom. The Balaban J connectivity index is 1.44. The summed E-state index contributed by atoms with van der Waals surface area (Å²) in [5.74, 6) is 0. The van der Waals surface area contributed by atoms with Crippen LogP contribution in [-0.4, -0.2) is 68.2 Å². The first-order valence-corrected chi connectivity index (χ1v) is 9.43. The van der Waals surface area contributed by atoms with Crippen LogP contribution in [0.25, 0.3) is 0 Å². The molecule has 3 aliphatic heterocycles. The summed E-state index contributed by atoms with van der Waals surface area (Å²) in [6.45, 7) is 4.92. The molecule has 3 aliphatic rings. The van der Waals surface area contributed by atoms with Gasteiger partial charge >= 0.3 is 12.1 Å². The molecule has 0 aromatic heterocycles. The van der Waals surface area contributed by atoms with E-state index in [4.69, 9.17) is 11.6 Å². The van der Waals surface area contributed by atoms with Crippen molar-refractivity contribution >= 4 is 35.0 Å². The van der Waals surface area contributed by atoms with E-state index >= 15 is 0 Å². The van der Waals surface area contributed by atoms with Gasteiger partial charge in [-0.3, -0.25) is 4.90 Å². The Kier molecular flexibility index (Phi) is 4.44. The van der Waals surface area contributed by atoms with Crippen molar-refractivity contribution in [1.29, 1.82) is 0 Å². The van der Waals surface area contributed by atoms with Crippen LogP contribution in [0.1, 0.15) is 12.8 Å². The summed E-state index contributed by atoms with van der Waals surface area (Å²) < 4.78 is 0. The summed E-state index contributed by atoms with van der Waals surface area (Å²) >= 11 is 6.25. The first-order chi connectivity index (χ1) is 12.5. The molecule has 3 saturated heterocycles. The summed E-state index contributed by atoms with van der Waals surface area (Å²) in [4.78, 5) is 30.4. The molecule has 1 unspecified atom stereocenters. The van der Waals surface area contributed by atoms with Crippen molar-refractivity contribution in [2.45, 2.75) is 12.8 Å². The average Bonchev–Trinajstić information content (AvgIpc) is 3.31. The molecule has 8 heteroatoms. The van der Waals surface area contributed by atoms with E-state index in [0.717, 1.165) is 39.0 Å². The predicted molar refractivity (Wildman–Crippen MR) is 102 cm³/mol.